The molecular formula is C22H26N2O4. The average Bonchev–Trinajstić information content (AvgIpc) is 2.69. The molecular weight excluding hydrogens is 356 g/mol. The van der Waals surface area contributed by atoms with Crippen molar-refractivity contribution in [3.8, 4) is 5.75 Å². The van der Waals surface area contributed by atoms with Gasteiger partial charge in [0.25, 0.3) is 0 Å². The molecule has 0 unspecified atom stereocenters. The topological polar surface area (TPSA) is 78.9 Å². The van der Waals surface area contributed by atoms with Crippen molar-refractivity contribution in [1.29, 1.82) is 0 Å². The summed E-state index contributed by atoms with van der Waals surface area (Å²) < 4.78 is 5.74. The molecule has 1 aliphatic heterocycles. The summed E-state index contributed by atoms with van der Waals surface area (Å²) in [7, 11) is 0. The Labute approximate surface area is 165 Å². The monoisotopic (exact) mass is 382 g/mol. The maximum Gasteiger partial charge on any atom is 0.335 e. The Morgan fingerprint density at radius 1 is 1.18 bits per heavy atom. The summed E-state index contributed by atoms with van der Waals surface area (Å²) in [6, 6.07) is 12.6. The smallest absolute Gasteiger partial charge is 0.335 e. The predicted octanol–water partition coefficient (Wildman–Crippen LogP) is 4.30. The summed E-state index contributed by atoms with van der Waals surface area (Å²) in [5.41, 5.74) is 2.84. The second-order valence-electron chi connectivity index (χ2n) is 6.96. The van der Waals surface area contributed by atoms with Crippen LogP contribution in [0.5, 0.6) is 5.75 Å². The van der Waals surface area contributed by atoms with E-state index in [1.165, 1.54) is 0 Å². The zero-order chi connectivity index (χ0) is 19.9. The normalized spacial score (nSPS) is 12.8. The minimum absolute atomic E-state index is 0.0193. The van der Waals surface area contributed by atoms with Gasteiger partial charge in [0.15, 0.2) is 0 Å². The molecule has 0 atom stereocenters. The van der Waals surface area contributed by atoms with Crippen LogP contribution in [0.1, 0.15) is 48.5 Å². The largest absolute Gasteiger partial charge is 0.490 e. The van der Waals surface area contributed by atoms with Crippen molar-refractivity contribution in [2.75, 3.05) is 23.4 Å². The number of amides is 1. The maximum atomic E-state index is 12.1. The molecule has 1 amide bonds. The van der Waals surface area contributed by atoms with Gasteiger partial charge >= 0.3 is 5.97 Å². The number of carbonyl (C=O) groups excluding carboxylic acids is 1. The third-order valence-electron chi connectivity index (χ3n) is 4.76. The molecule has 1 heterocycles. The van der Waals surface area contributed by atoms with Crippen molar-refractivity contribution in [3.05, 3.63) is 53.6 Å². The lowest BCUT2D eigenvalue weighted by Gasteiger charge is -2.31. The van der Waals surface area contributed by atoms with Gasteiger partial charge < -0.3 is 20.1 Å². The molecule has 2 aromatic carbocycles. The second-order valence-corrected chi connectivity index (χ2v) is 6.96. The molecule has 6 heteroatoms. The van der Waals surface area contributed by atoms with Crippen molar-refractivity contribution in [1.82, 2.24) is 0 Å². The Morgan fingerprint density at radius 2 is 2.04 bits per heavy atom. The molecule has 0 saturated carbocycles. The third-order valence-corrected chi connectivity index (χ3v) is 4.76. The van der Waals surface area contributed by atoms with Crippen molar-refractivity contribution in [3.63, 3.8) is 0 Å². The molecule has 0 aromatic heterocycles. The fourth-order valence-electron chi connectivity index (χ4n) is 3.30. The Bertz CT molecular complexity index is 850. The number of rotatable bonds is 8. The fourth-order valence-corrected chi connectivity index (χ4v) is 3.30. The van der Waals surface area contributed by atoms with E-state index in [2.05, 4.69) is 17.1 Å². The van der Waals surface area contributed by atoms with Gasteiger partial charge in [-0.1, -0.05) is 31.9 Å². The van der Waals surface area contributed by atoms with Gasteiger partial charge in [-0.2, -0.15) is 0 Å². The van der Waals surface area contributed by atoms with Crippen molar-refractivity contribution in [2.45, 2.75) is 39.2 Å². The van der Waals surface area contributed by atoms with Crippen LogP contribution in [-0.4, -0.2) is 30.1 Å². The molecule has 28 heavy (non-hydrogen) atoms. The Kier molecular flexibility index (Phi) is 6.53. The Hall–Kier alpha value is -3.02. The molecule has 3 rings (SSSR count). The molecule has 0 radical (unpaired) electrons. The van der Waals surface area contributed by atoms with Gasteiger partial charge in [-0.3, -0.25) is 4.79 Å². The van der Waals surface area contributed by atoms with Crippen LogP contribution < -0.4 is 15.0 Å². The highest BCUT2D eigenvalue weighted by Gasteiger charge is 2.19. The molecule has 0 saturated heterocycles. The first kappa shape index (κ1) is 19.7. The van der Waals surface area contributed by atoms with Crippen LogP contribution in [0.4, 0.5) is 11.4 Å². The number of benzene rings is 2. The second kappa shape index (κ2) is 9.26. The van der Waals surface area contributed by atoms with Crippen molar-refractivity contribution >= 4 is 23.3 Å². The minimum Gasteiger partial charge on any atom is -0.490 e. The van der Waals surface area contributed by atoms with Gasteiger partial charge in [0.05, 0.1) is 17.8 Å². The van der Waals surface area contributed by atoms with Crippen LogP contribution in [0.25, 0.3) is 0 Å². The summed E-state index contributed by atoms with van der Waals surface area (Å²) in [5, 5.41) is 12.2. The summed E-state index contributed by atoms with van der Waals surface area (Å²) >= 11 is 0. The number of carbonyl (C=O) groups is 2. The molecule has 1 aliphatic rings. The number of unbranched alkanes of at least 4 members (excludes halogenated alkanes) is 2. The lowest BCUT2D eigenvalue weighted by molar-refractivity contribution is -0.116. The van der Waals surface area contributed by atoms with Gasteiger partial charge in [-0.25, -0.2) is 4.79 Å². The zero-order valence-electron chi connectivity index (χ0n) is 16.1. The van der Waals surface area contributed by atoms with E-state index >= 15 is 0 Å². The van der Waals surface area contributed by atoms with Gasteiger partial charge in [-0.05, 0) is 42.3 Å². The number of fused-ring (bicyclic) bond motifs is 1. The number of hydrogen-bond acceptors (Lipinski definition) is 4. The quantitative estimate of drug-likeness (QED) is 0.666. The van der Waals surface area contributed by atoms with E-state index in [0.29, 0.717) is 26.1 Å². The number of nitrogens with zero attached hydrogens (tertiary/aromatic N) is 1. The lowest BCUT2D eigenvalue weighted by Crippen LogP contribution is -2.32. The van der Waals surface area contributed by atoms with Gasteiger partial charge in [0.1, 0.15) is 12.4 Å². The predicted molar refractivity (Wildman–Crippen MR) is 109 cm³/mol. The number of anilines is 2. The highest BCUT2D eigenvalue weighted by Crippen LogP contribution is 2.35. The Morgan fingerprint density at radius 3 is 2.82 bits per heavy atom. The van der Waals surface area contributed by atoms with E-state index in [1.807, 2.05) is 24.3 Å². The summed E-state index contributed by atoms with van der Waals surface area (Å²) in [5.74, 6) is -0.146. The molecule has 2 aromatic rings. The number of carboxylic acid groups (broad SMARTS) is 1. The standard InChI is InChI=1S/C22H26N2O4/c1-2-3-4-8-21(25)23-18-9-10-20-19(14-18)24(11-12-28-20)15-16-6-5-7-17(13-16)22(26)27/h5-7,9-10,13-14H,2-4,8,11-12,15H2,1H3,(H,23,25)(H,26,27). The highest BCUT2D eigenvalue weighted by atomic mass is 16.5. The molecule has 148 valence electrons. The van der Waals surface area contributed by atoms with E-state index in [0.717, 1.165) is 42.0 Å². The van der Waals surface area contributed by atoms with E-state index < -0.39 is 5.97 Å². The average molecular weight is 382 g/mol. The SMILES string of the molecule is CCCCCC(=O)Nc1ccc2c(c1)N(Cc1cccc(C(=O)O)c1)CCO2. The van der Waals surface area contributed by atoms with Crippen molar-refractivity contribution < 1.29 is 19.4 Å². The van der Waals surface area contributed by atoms with Gasteiger partial charge in [-0.15, -0.1) is 0 Å². The number of carboxylic acids is 1. The van der Waals surface area contributed by atoms with Crippen LogP contribution in [-0.2, 0) is 11.3 Å². The fraction of sp³-hybridized carbons (Fsp3) is 0.364. The minimum atomic E-state index is -0.933. The highest BCUT2D eigenvalue weighted by molar-refractivity contribution is 5.91. The van der Waals surface area contributed by atoms with Crippen LogP contribution in [0.15, 0.2) is 42.5 Å². The Balaban J connectivity index is 1.74. The van der Waals surface area contributed by atoms with Crippen LogP contribution in [0.3, 0.4) is 0 Å². The van der Waals surface area contributed by atoms with E-state index in [-0.39, 0.29) is 11.5 Å². The summed E-state index contributed by atoms with van der Waals surface area (Å²) in [4.78, 5) is 25.5. The number of hydrogen-bond donors (Lipinski definition) is 2. The summed E-state index contributed by atoms with van der Waals surface area (Å²) in [6.45, 7) is 3.94. The maximum absolute atomic E-state index is 12.1. The number of nitrogens with one attached hydrogen (secondary N) is 1. The number of ether oxygens (including phenoxy) is 1. The third kappa shape index (κ3) is 5.03. The van der Waals surface area contributed by atoms with Crippen LogP contribution in [0, 0.1) is 0 Å². The van der Waals surface area contributed by atoms with Crippen LogP contribution >= 0.6 is 0 Å². The lowest BCUT2D eigenvalue weighted by atomic mass is 10.1. The van der Waals surface area contributed by atoms with E-state index in [9.17, 15) is 14.7 Å². The van der Waals surface area contributed by atoms with Gasteiger partial charge in [0, 0.05) is 18.7 Å². The van der Waals surface area contributed by atoms with Crippen molar-refractivity contribution in [2.24, 2.45) is 0 Å². The first-order valence-electron chi connectivity index (χ1n) is 9.70. The zero-order valence-corrected chi connectivity index (χ0v) is 16.1. The molecule has 0 bridgehead atoms. The molecule has 6 nitrogen and oxygen atoms in total. The first-order chi connectivity index (χ1) is 13.6. The van der Waals surface area contributed by atoms with E-state index in [1.54, 1.807) is 18.2 Å². The van der Waals surface area contributed by atoms with E-state index in [4.69, 9.17) is 4.74 Å². The van der Waals surface area contributed by atoms with Crippen LogP contribution in [0.2, 0.25) is 0 Å². The molecule has 2 N–H and O–H groups in total. The number of aromatic carboxylic acids is 1. The summed E-state index contributed by atoms with van der Waals surface area (Å²) in [6.07, 6.45) is 3.55. The molecule has 0 spiro atoms. The molecule has 0 aliphatic carbocycles. The van der Waals surface area contributed by atoms with Gasteiger partial charge in [0.2, 0.25) is 5.91 Å². The first-order valence-corrected chi connectivity index (χ1v) is 9.70. The molecule has 0 fully saturated rings.